The van der Waals surface area contributed by atoms with Crippen molar-refractivity contribution in [2.45, 2.75) is 6.92 Å². The molecule has 0 saturated heterocycles. The quantitative estimate of drug-likeness (QED) is 0.793. The van der Waals surface area contributed by atoms with Gasteiger partial charge in [0.1, 0.15) is 17.1 Å². The van der Waals surface area contributed by atoms with E-state index in [-0.39, 0.29) is 11.6 Å². The van der Waals surface area contributed by atoms with Gasteiger partial charge < -0.3 is 9.64 Å². The predicted molar refractivity (Wildman–Crippen MR) is 74.7 cm³/mol. The third-order valence-electron chi connectivity index (χ3n) is 2.59. The van der Waals surface area contributed by atoms with E-state index >= 15 is 0 Å². The van der Waals surface area contributed by atoms with Gasteiger partial charge in [-0.15, -0.1) is 5.10 Å². The highest BCUT2D eigenvalue weighted by atomic mass is 19.1. The van der Waals surface area contributed by atoms with E-state index in [1.54, 1.807) is 44.3 Å². The number of nitrogens with zero attached hydrogens (tertiary/aromatic N) is 3. The average Bonchev–Trinajstić information content (AvgIpc) is 2.68. The van der Waals surface area contributed by atoms with Crippen molar-refractivity contribution in [3.05, 3.63) is 41.9 Å². The second kappa shape index (κ2) is 5.73. The monoisotopic (exact) mass is 277 g/mol. The van der Waals surface area contributed by atoms with E-state index in [4.69, 9.17) is 4.74 Å². The van der Waals surface area contributed by atoms with Crippen LogP contribution in [-0.4, -0.2) is 37.4 Å². The second-order valence-electron chi connectivity index (χ2n) is 4.41. The summed E-state index contributed by atoms with van der Waals surface area (Å²) in [5, 5.41) is 5.09. The number of carbonyl (C=O) groups excluding carboxylic acids is 1. The maximum absolute atomic E-state index is 13.8. The van der Waals surface area contributed by atoms with E-state index < -0.39 is 11.7 Å². The molecular weight excluding hydrogens is 261 g/mol. The lowest BCUT2D eigenvalue weighted by atomic mass is 10.2. The number of anilines is 1. The minimum Gasteiger partial charge on any atom is -0.476 e. The summed E-state index contributed by atoms with van der Waals surface area (Å²) in [6.45, 7) is 2.17. The molecule has 0 radical (unpaired) electrons. The van der Waals surface area contributed by atoms with Gasteiger partial charge in [0.25, 0.3) is 5.91 Å². The molecule has 0 spiro atoms. The fraction of sp³-hybridized carbons (Fsp3) is 0.286. The zero-order valence-electron chi connectivity index (χ0n) is 11.6. The molecular formula is C14H16FN3O2. The summed E-state index contributed by atoms with van der Waals surface area (Å²) in [4.78, 5) is 14.1. The topological polar surface area (TPSA) is 45.1 Å². The molecule has 106 valence electrons. The Balaban J connectivity index is 2.42. The Labute approximate surface area is 116 Å². The number of hydrogen-bond acceptors (Lipinski definition) is 4. The number of hydrogen-bond donors (Lipinski definition) is 0. The van der Waals surface area contributed by atoms with Crippen molar-refractivity contribution in [1.29, 1.82) is 0 Å². The molecule has 1 aliphatic heterocycles. The maximum atomic E-state index is 13.8. The lowest BCUT2D eigenvalue weighted by molar-refractivity contribution is -0.114. The van der Waals surface area contributed by atoms with E-state index in [0.29, 0.717) is 12.2 Å². The molecule has 0 N–H and O–H groups in total. The van der Waals surface area contributed by atoms with Crippen LogP contribution < -0.4 is 5.01 Å². The number of para-hydroxylation sites is 1. The highest BCUT2D eigenvalue weighted by Crippen LogP contribution is 2.26. The summed E-state index contributed by atoms with van der Waals surface area (Å²) in [5.74, 6) is -0.715. The Morgan fingerprint density at radius 1 is 1.40 bits per heavy atom. The third kappa shape index (κ3) is 2.64. The predicted octanol–water partition coefficient (Wildman–Crippen LogP) is 1.97. The highest BCUT2D eigenvalue weighted by Gasteiger charge is 2.34. The molecule has 2 rings (SSSR count). The van der Waals surface area contributed by atoms with Crippen LogP contribution >= 0.6 is 0 Å². The SMILES string of the molecule is CCOC1=NN(c2ccccc2F)C(=O)/C1=C\N(C)C. The highest BCUT2D eigenvalue weighted by molar-refractivity contribution is 6.27. The number of ether oxygens (including phenoxy) is 1. The Morgan fingerprint density at radius 2 is 2.10 bits per heavy atom. The van der Waals surface area contributed by atoms with Crippen molar-refractivity contribution in [1.82, 2.24) is 4.90 Å². The molecule has 5 nitrogen and oxygen atoms in total. The van der Waals surface area contributed by atoms with Crippen molar-refractivity contribution >= 4 is 17.5 Å². The van der Waals surface area contributed by atoms with Gasteiger partial charge in [0.2, 0.25) is 5.90 Å². The van der Waals surface area contributed by atoms with Crippen molar-refractivity contribution < 1.29 is 13.9 Å². The summed E-state index contributed by atoms with van der Waals surface area (Å²) in [5.41, 5.74) is 0.414. The van der Waals surface area contributed by atoms with Crippen molar-refractivity contribution in [2.75, 3.05) is 25.7 Å². The van der Waals surface area contributed by atoms with Crippen LogP contribution in [0.5, 0.6) is 0 Å². The summed E-state index contributed by atoms with van der Waals surface area (Å²) in [7, 11) is 3.57. The Hall–Kier alpha value is -2.37. The standard InChI is InChI=1S/C14H16FN3O2/c1-4-20-13-10(9-17(2)3)14(19)18(16-13)12-8-6-5-7-11(12)15/h5-9H,4H2,1-3H3/b10-9-. The molecule has 1 heterocycles. The van der Waals surface area contributed by atoms with Gasteiger partial charge in [-0.2, -0.15) is 5.01 Å². The molecule has 0 bridgehead atoms. The first-order valence-corrected chi connectivity index (χ1v) is 6.23. The van der Waals surface area contributed by atoms with E-state index in [0.717, 1.165) is 5.01 Å². The lowest BCUT2D eigenvalue weighted by Crippen LogP contribution is -2.23. The van der Waals surface area contributed by atoms with E-state index in [1.807, 2.05) is 0 Å². The molecule has 0 atom stereocenters. The van der Waals surface area contributed by atoms with E-state index in [2.05, 4.69) is 5.10 Å². The number of hydrazone groups is 1. The molecule has 1 aromatic carbocycles. The first-order chi connectivity index (χ1) is 9.54. The number of amides is 1. The van der Waals surface area contributed by atoms with Crippen molar-refractivity contribution in [2.24, 2.45) is 5.10 Å². The van der Waals surface area contributed by atoms with Crippen LogP contribution in [0.1, 0.15) is 6.92 Å². The van der Waals surface area contributed by atoms with Gasteiger partial charge in [-0.1, -0.05) is 12.1 Å². The molecule has 1 aliphatic rings. The van der Waals surface area contributed by atoms with Gasteiger partial charge in [0, 0.05) is 20.3 Å². The molecule has 0 aromatic heterocycles. The Bertz CT molecular complexity index is 582. The number of halogens is 1. The molecule has 6 heteroatoms. The number of carbonyl (C=O) groups is 1. The fourth-order valence-electron chi connectivity index (χ4n) is 1.79. The van der Waals surface area contributed by atoms with E-state index in [1.165, 1.54) is 12.1 Å². The molecule has 1 amide bonds. The molecule has 0 fully saturated rings. The van der Waals surface area contributed by atoms with Crippen LogP contribution in [0.2, 0.25) is 0 Å². The zero-order chi connectivity index (χ0) is 14.7. The van der Waals surface area contributed by atoms with Crippen molar-refractivity contribution in [3.8, 4) is 0 Å². The van der Waals surface area contributed by atoms with Gasteiger partial charge >= 0.3 is 0 Å². The van der Waals surface area contributed by atoms with Crippen LogP contribution in [0.3, 0.4) is 0 Å². The average molecular weight is 277 g/mol. The zero-order valence-corrected chi connectivity index (χ0v) is 11.6. The second-order valence-corrected chi connectivity index (χ2v) is 4.41. The summed E-state index contributed by atoms with van der Waals surface area (Å²) in [6, 6.07) is 5.99. The lowest BCUT2D eigenvalue weighted by Gasteiger charge is -2.12. The van der Waals surface area contributed by atoms with Crippen LogP contribution in [0.15, 0.2) is 41.1 Å². The van der Waals surface area contributed by atoms with E-state index in [9.17, 15) is 9.18 Å². The van der Waals surface area contributed by atoms with Gasteiger partial charge in [-0.25, -0.2) is 4.39 Å². The van der Waals surface area contributed by atoms with Crippen LogP contribution in [0.4, 0.5) is 10.1 Å². The van der Waals surface area contributed by atoms with Gasteiger partial charge in [-0.3, -0.25) is 4.79 Å². The maximum Gasteiger partial charge on any atom is 0.285 e. The fourth-order valence-corrected chi connectivity index (χ4v) is 1.79. The van der Waals surface area contributed by atoms with Crippen molar-refractivity contribution in [3.63, 3.8) is 0 Å². The Morgan fingerprint density at radius 3 is 2.70 bits per heavy atom. The van der Waals surface area contributed by atoms with Crippen LogP contribution in [0.25, 0.3) is 0 Å². The smallest absolute Gasteiger partial charge is 0.285 e. The number of rotatable bonds is 3. The molecule has 1 aromatic rings. The molecule has 0 aliphatic carbocycles. The van der Waals surface area contributed by atoms with Crippen LogP contribution in [0, 0.1) is 5.82 Å². The normalized spacial score (nSPS) is 16.6. The molecule has 0 unspecified atom stereocenters. The largest absolute Gasteiger partial charge is 0.476 e. The minimum absolute atomic E-state index is 0.108. The third-order valence-corrected chi connectivity index (χ3v) is 2.59. The first-order valence-electron chi connectivity index (χ1n) is 6.23. The first kappa shape index (κ1) is 14.0. The summed E-state index contributed by atoms with van der Waals surface area (Å²) in [6.07, 6.45) is 1.61. The Kier molecular flexibility index (Phi) is 4.02. The summed E-state index contributed by atoms with van der Waals surface area (Å²) < 4.78 is 19.1. The molecule has 0 saturated carbocycles. The molecule has 20 heavy (non-hydrogen) atoms. The summed E-state index contributed by atoms with van der Waals surface area (Å²) >= 11 is 0. The number of benzene rings is 1. The van der Waals surface area contributed by atoms with Crippen LogP contribution in [-0.2, 0) is 9.53 Å². The minimum atomic E-state index is -0.508. The van der Waals surface area contributed by atoms with Gasteiger partial charge in [0.15, 0.2) is 0 Å². The van der Waals surface area contributed by atoms with Gasteiger partial charge in [-0.05, 0) is 19.1 Å². The van der Waals surface area contributed by atoms with Gasteiger partial charge in [0.05, 0.1) is 6.61 Å².